The quantitative estimate of drug-likeness (QED) is 0.509. The predicted octanol–water partition coefficient (Wildman–Crippen LogP) is 3.35. The molecular formula is C4HClF8. The second-order valence-corrected chi connectivity index (χ2v) is 2.50. The fourth-order valence-corrected chi connectivity index (χ4v) is 0.445. The Kier molecular flexibility index (Phi) is 3.08. The third-order valence-corrected chi connectivity index (χ3v) is 1.24. The standard InChI is InChI=1S/C4HClF8/c5-4(12,13)2(7,8)1(6)3(9,10)11/h1H. The lowest BCUT2D eigenvalue weighted by Crippen LogP contribution is -2.50. The van der Waals surface area contributed by atoms with Gasteiger partial charge in [-0.15, -0.1) is 0 Å². The van der Waals surface area contributed by atoms with Gasteiger partial charge in [-0.05, 0) is 11.6 Å². The highest BCUT2D eigenvalue weighted by molar-refractivity contribution is 6.22. The van der Waals surface area contributed by atoms with Gasteiger partial charge in [-0.3, -0.25) is 0 Å². The Hall–Kier alpha value is -0.270. The Bertz CT molecular complexity index is 178. The summed E-state index contributed by atoms with van der Waals surface area (Å²) in [5.41, 5.74) is 0. The average molecular weight is 236 g/mol. The molecule has 0 saturated heterocycles. The lowest BCUT2D eigenvalue weighted by atomic mass is 10.2. The van der Waals surface area contributed by atoms with Crippen LogP contribution >= 0.6 is 11.6 Å². The molecule has 1 unspecified atom stereocenters. The monoisotopic (exact) mass is 236 g/mol. The number of halogens is 9. The van der Waals surface area contributed by atoms with E-state index in [2.05, 4.69) is 11.6 Å². The van der Waals surface area contributed by atoms with E-state index in [-0.39, 0.29) is 0 Å². The predicted molar refractivity (Wildman–Crippen MR) is 26.7 cm³/mol. The van der Waals surface area contributed by atoms with E-state index in [9.17, 15) is 35.1 Å². The van der Waals surface area contributed by atoms with Gasteiger partial charge in [-0.1, -0.05) is 0 Å². The van der Waals surface area contributed by atoms with Crippen LogP contribution in [-0.2, 0) is 0 Å². The van der Waals surface area contributed by atoms with Crippen LogP contribution in [0.4, 0.5) is 35.1 Å². The maximum Gasteiger partial charge on any atom is 0.425 e. The summed E-state index contributed by atoms with van der Waals surface area (Å²) >= 11 is 3.60. The lowest BCUT2D eigenvalue weighted by molar-refractivity contribution is -0.284. The minimum Gasteiger partial charge on any atom is -0.230 e. The highest BCUT2D eigenvalue weighted by Crippen LogP contribution is 2.46. The maximum absolute atomic E-state index is 11.8. The third kappa shape index (κ3) is 2.58. The van der Waals surface area contributed by atoms with Gasteiger partial charge in [0, 0.05) is 0 Å². The molecule has 80 valence electrons. The van der Waals surface area contributed by atoms with Crippen LogP contribution < -0.4 is 0 Å². The number of alkyl halides is 9. The van der Waals surface area contributed by atoms with Crippen molar-refractivity contribution in [2.24, 2.45) is 0 Å². The van der Waals surface area contributed by atoms with Crippen molar-refractivity contribution in [1.29, 1.82) is 0 Å². The highest BCUT2D eigenvalue weighted by Gasteiger charge is 2.69. The van der Waals surface area contributed by atoms with E-state index in [4.69, 9.17) is 0 Å². The van der Waals surface area contributed by atoms with Crippen LogP contribution in [0.2, 0.25) is 0 Å². The van der Waals surface area contributed by atoms with Crippen LogP contribution in [0, 0.1) is 0 Å². The Morgan fingerprint density at radius 3 is 1.23 bits per heavy atom. The number of hydrogen-bond donors (Lipinski definition) is 0. The van der Waals surface area contributed by atoms with Crippen molar-refractivity contribution < 1.29 is 35.1 Å². The van der Waals surface area contributed by atoms with Gasteiger partial charge in [0.1, 0.15) is 0 Å². The van der Waals surface area contributed by atoms with Crippen molar-refractivity contribution in [3.63, 3.8) is 0 Å². The van der Waals surface area contributed by atoms with Crippen LogP contribution in [0.1, 0.15) is 0 Å². The van der Waals surface area contributed by atoms with Gasteiger partial charge >= 0.3 is 17.5 Å². The molecule has 0 rings (SSSR count). The Balaban J connectivity index is 4.86. The van der Waals surface area contributed by atoms with Crippen LogP contribution in [0.15, 0.2) is 0 Å². The molecule has 0 spiro atoms. The van der Waals surface area contributed by atoms with Crippen molar-refractivity contribution in [2.45, 2.75) is 23.7 Å². The van der Waals surface area contributed by atoms with Gasteiger partial charge < -0.3 is 0 Å². The summed E-state index contributed by atoms with van der Waals surface area (Å²) < 4.78 is 92.2. The minimum atomic E-state index is -6.08. The number of hydrogen-bond acceptors (Lipinski definition) is 0. The topological polar surface area (TPSA) is 0 Å². The van der Waals surface area contributed by atoms with Crippen LogP contribution in [0.25, 0.3) is 0 Å². The molecule has 1 atom stereocenters. The summed E-state index contributed by atoms with van der Waals surface area (Å²) in [7, 11) is 0. The normalized spacial score (nSPS) is 17.3. The molecule has 0 aliphatic carbocycles. The highest BCUT2D eigenvalue weighted by atomic mass is 35.5. The van der Waals surface area contributed by atoms with Gasteiger partial charge in [-0.2, -0.15) is 30.7 Å². The summed E-state index contributed by atoms with van der Waals surface area (Å²) in [5, 5.41) is -5.58. The summed E-state index contributed by atoms with van der Waals surface area (Å²) in [6.07, 6.45) is -11.1. The maximum atomic E-state index is 11.8. The van der Waals surface area contributed by atoms with Gasteiger partial charge in [0.05, 0.1) is 0 Å². The van der Waals surface area contributed by atoms with Gasteiger partial charge in [0.2, 0.25) is 0 Å². The van der Waals surface area contributed by atoms with E-state index >= 15 is 0 Å². The van der Waals surface area contributed by atoms with Crippen molar-refractivity contribution in [3.05, 3.63) is 0 Å². The first kappa shape index (κ1) is 12.7. The molecule has 0 saturated carbocycles. The van der Waals surface area contributed by atoms with Crippen molar-refractivity contribution in [3.8, 4) is 0 Å². The molecule has 0 nitrogen and oxygen atoms in total. The molecule has 9 heteroatoms. The van der Waals surface area contributed by atoms with Gasteiger partial charge in [0.15, 0.2) is 0 Å². The SMILES string of the molecule is FC(C(F)(F)F)C(F)(F)C(F)(F)Cl. The molecule has 0 aromatic heterocycles. The zero-order valence-corrected chi connectivity index (χ0v) is 6.23. The van der Waals surface area contributed by atoms with Crippen LogP contribution in [0.3, 0.4) is 0 Å². The molecular weight excluding hydrogens is 235 g/mol. The third-order valence-electron chi connectivity index (χ3n) is 0.984. The first-order valence-electron chi connectivity index (χ1n) is 2.56. The van der Waals surface area contributed by atoms with E-state index < -0.39 is 23.7 Å². The molecule has 0 aromatic rings. The molecule has 0 bridgehead atoms. The van der Waals surface area contributed by atoms with Crippen LogP contribution in [0.5, 0.6) is 0 Å². The molecule has 13 heavy (non-hydrogen) atoms. The van der Waals surface area contributed by atoms with Crippen molar-refractivity contribution >= 4 is 11.6 Å². The van der Waals surface area contributed by atoms with E-state index in [0.717, 1.165) is 0 Å². The zero-order chi connectivity index (χ0) is 11.1. The Morgan fingerprint density at radius 1 is 0.846 bits per heavy atom. The second kappa shape index (κ2) is 3.14. The van der Waals surface area contributed by atoms with E-state index in [1.54, 1.807) is 0 Å². The smallest absolute Gasteiger partial charge is 0.230 e. The number of rotatable bonds is 2. The molecule has 0 aliphatic rings. The van der Waals surface area contributed by atoms with E-state index in [0.29, 0.717) is 0 Å². The van der Waals surface area contributed by atoms with Crippen molar-refractivity contribution in [2.75, 3.05) is 0 Å². The summed E-state index contributed by atoms with van der Waals surface area (Å²) in [6.45, 7) is 0. The molecule has 0 radical (unpaired) electrons. The molecule has 0 aliphatic heterocycles. The lowest BCUT2D eigenvalue weighted by Gasteiger charge is -2.25. The molecule has 0 aromatic carbocycles. The van der Waals surface area contributed by atoms with E-state index in [1.165, 1.54) is 0 Å². The molecule has 0 amide bonds. The fourth-order valence-electron chi connectivity index (χ4n) is 0.349. The summed E-state index contributed by atoms with van der Waals surface area (Å²) in [6, 6.07) is 0. The van der Waals surface area contributed by atoms with E-state index in [1.807, 2.05) is 0 Å². The van der Waals surface area contributed by atoms with Crippen molar-refractivity contribution in [1.82, 2.24) is 0 Å². The first-order valence-corrected chi connectivity index (χ1v) is 2.94. The largest absolute Gasteiger partial charge is 0.425 e. The fraction of sp³-hybridized carbons (Fsp3) is 1.00. The second-order valence-electron chi connectivity index (χ2n) is 2.02. The zero-order valence-electron chi connectivity index (χ0n) is 5.48. The molecule has 0 fully saturated rings. The Morgan fingerprint density at radius 2 is 1.15 bits per heavy atom. The summed E-state index contributed by atoms with van der Waals surface area (Å²) in [4.78, 5) is 0. The van der Waals surface area contributed by atoms with Crippen LogP contribution in [-0.4, -0.2) is 23.7 Å². The molecule has 0 heterocycles. The van der Waals surface area contributed by atoms with Gasteiger partial charge in [0.25, 0.3) is 6.17 Å². The Labute approximate surface area is 71.5 Å². The first-order chi connectivity index (χ1) is 5.40. The minimum absolute atomic E-state index is 3.60. The molecule has 0 N–H and O–H groups in total. The average Bonchev–Trinajstić information content (AvgIpc) is 1.81. The summed E-state index contributed by atoms with van der Waals surface area (Å²) in [5.74, 6) is -5.98. The van der Waals surface area contributed by atoms with Gasteiger partial charge in [-0.25, -0.2) is 4.39 Å².